The Bertz CT molecular complexity index is 3450. The van der Waals surface area contributed by atoms with Crippen molar-refractivity contribution in [2.24, 2.45) is 14.1 Å². The molecule has 0 fully saturated rings. The molecule has 0 bridgehead atoms. The van der Waals surface area contributed by atoms with Gasteiger partial charge in [-0.05, 0) is 48.2 Å². The van der Waals surface area contributed by atoms with Crippen molar-refractivity contribution < 1.29 is 23.7 Å². The molecule has 0 saturated heterocycles. The van der Waals surface area contributed by atoms with Gasteiger partial charge in [0.1, 0.15) is 51.2 Å². The highest BCUT2D eigenvalue weighted by Crippen LogP contribution is 2.46. The summed E-state index contributed by atoms with van der Waals surface area (Å²) in [4.78, 5) is 65.6. The van der Waals surface area contributed by atoms with Gasteiger partial charge in [-0.2, -0.15) is 4.98 Å². The second-order valence-electron chi connectivity index (χ2n) is 15.5. The zero-order valence-electron chi connectivity index (χ0n) is 39.0. The summed E-state index contributed by atoms with van der Waals surface area (Å²) >= 11 is 26.0. The molecule has 0 aliphatic heterocycles. The Morgan fingerprint density at radius 2 is 1.17 bits per heavy atom. The number of aryl methyl sites for hydroxylation is 4. The molecule has 8 rings (SSSR count). The Labute approximate surface area is 428 Å². The minimum Gasteiger partial charge on any atom is -0.495 e. The van der Waals surface area contributed by atoms with Crippen molar-refractivity contribution in [1.82, 2.24) is 39.0 Å². The van der Waals surface area contributed by atoms with E-state index in [0.29, 0.717) is 51.8 Å². The first kappa shape index (κ1) is 53.0. The predicted octanol–water partition coefficient (Wildman–Crippen LogP) is 9.90. The van der Waals surface area contributed by atoms with Gasteiger partial charge >= 0.3 is 0 Å². The maximum absolute atomic E-state index is 13.4. The predicted molar refractivity (Wildman–Crippen MR) is 281 cm³/mol. The number of nitrogens with two attached hydrogens (primary N) is 1. The van der Waals surface area contributed by atoms with E-state index in [1.54, 1.807) is 26.4 Å². The van der Waals surface area contributed by atoms with Crippen LogP contribution in [0.3, 0.4) is 0 Å². The van der Waals surface area contributed by atoms with Crippen LogP contribution in [-0.4, -0.2) is 73.3 Å². The van der Waals surface area contributed by atoms with Crippen LogP contribution in [0.5, 0.6) is 23.0 Å². The molecule has 0 radical (unpaired) electrons. The highest BCUT2D eigenvalue weighted by molar-refractivity contribution is 6.41. The summed E-state index contributed by atoms with van der Waals surface area (Å²) in [5.41, 5.74) is 12.1. The number of benzene rings is 4. The van der Waals surface area contributed by atoms with Crippen molar-refractivity contribution in [2.75, 3.05) is 39.5 Å². The van der Waals surface area contributed by atoms with Crippen LogP contribution < -0.4 is 41.1 Å². The Morgan fingerprint density at radius 3 is 1.65 bits per heavy atom. The summed E-state index contributed by atoms with van der Waals surface area (Å²) in [6, 6.07) is 14.4. The van der Waals surface area contributed by atoms with Gasteiger partial charge in [0.25, 0.3) is 11.1 Å². The van der Waals surface area contributed by atoms with E-state index in [0.717, 1.165) is 22.3 Å². The number of carbonyl (C=O) groups excluding carboxylic acids is 1. The van der Waals surface area contributed by atoms with Gasteiger partial charge in [0.2, 0.25) is 5.95 Å². The van der Waals surface area contributed by atoms with Crippen molar-refractivity contribution in [3.05, 3.63) is 142 Å². The highest BCUT2D eigenvalue weighted by atomic mass is 35.5. The molecular formula is C50H48Cl4N10O7. The molecule has 0 atom stereocenters. The summed E-state index contributed by atoms with van der Waals surface area (Å²) in [5, 5.41) is 3.73. The molecule has 4 aromatic heterocycles. The van der Waals surface area contributed by atoms with E-state index in [2.05, 4.69) is 41.8 Å². The van der Waals surface area contributed by atoms with Crippen LogP contribution in [0.4, 0.5) is 17.3 Å². The second kappa shape index (κ2) is 22.2. The fourth-order valence-electron chi connectivity index (χ4n) is 7.48. The molecule has 4 aromatic carbocycles. The van der Waals surface area contributed by atoms with Gasteiger partial charge in [-0.25, -0.2) is 24.9 Å². The van der Waals surface area contributed by atoms with Crippen molar-refractivity contribution in [1.29, 1.82) is 0 Å². The van der Waals surface area contributed by atoms with E-state index < -0.39 is 11.1 Å². The first-order valence-electron chi connectivity index (χ1n) is 21.0. The normalized spacial score (nSPS) is 10.8. The minimum atomic E-state index is -0.482. The number of methoxy groups -OCH3 is 4. The number of halogens is 4. The number of ether oxygens (including phenoxy) is 4. The number of hydrogen-bond acceptors (Lipinski definition) is 15. The van der Waals surface area contributed by atoms with Crippen LogP contribution in [0.2, 0.25) is 20.1 Å². The van der Waals surface area contributed by atoms with E-state index >= 15 is 0 Å². The van der Waals surface area contributed by atoms with Crippen LogP contribution in [0.25, 0.3) is 44.8 Å². The molecule has 0 amide bonds. The molecule has 0 unspecified atom stereocenters. The molecule has 0 aliphatic rings. The van der Waals surface area contributed by atoms with E-state index in [-0.39, 0.29) is 85.3 Å². The molecule has 4 heterocycles. The van der Waals surface area contributed by atoms with Crippen LogP contribution in [0.1, 0.15) is 35.5 Å². The fourth-order valence-corrected chi connectivity index (χ4v) is 8.83. The van der Waals surface area contributed by atoms with E-state index in [9.17, 15) is 14.4 Å². The molecule has 8 aromatic rings. The number of aromatic nitrogens is 8. The number of para-hydroxylation sites is 1. The third-order valence-corrected chi connectivity index (χ3v) is 12.8. The van der Waals surface area contributed by atoms with Gasteiger partial charge in [-0.1, -0.05) is 90.7 Å². The average molecular weight is 1040 g/mol. The van der Waals surface area contributed by atoms with Gasteiger partial charge in [-0.15, -0.1) is 0 Å². The van der Waals surface area contributed by atoms with Crippen molar-refractivity contribution in [3.63, 3.8) is 0 Å². The Balaban J connectivity index is 0.000000231. The average Bonchev–Trinajstić information content (AvgIpc) is 3.35. The van der Waals surface area contributed by atoms with Crippen molar-refractivity contribution in [3.8, 4) is 45.5 Å². The van der Waals surface area contributed by atoms with Crippen molar-refractivity contribution in [2.45, 2.75) is 34.1 Å². The molecule has 0 saturated carbocycles. The molecule has 21 heteroatoms. The van der Waals surface area contributed by atoms with Crippen LogP contribution in [0, 0.1) is 13.8 Å². The summed E-state index contributed by atoms with van der Waals surface area (Å²) in [6.07, 6.45) is 4.94. The Kier molecular flexibility index (Phi) is 16.6. The quantitative estimate of drug-likeness (QED) is 0.0812. The van der Waals surface area contributed by atoms with E-state index in [4.69, 9.17) is 71.1 Å². The number of ketones is 1. The molecule has 0 spiro atoms. The number of rotatable bonds is 13. The number of allylic oxidation sites excluding steroid dienone is 1. The van der Waals surface area contributed by atoms with Crippen LogP contribution >= 0.6 is 46.4 Å². The number of anilines is 3. The number of fused-ring (bicyclic) bond motifs is 2. The SMILES string of the molecule is C.C=CC(=O)Cc1cccc(C)c1Nc1ncc2nc(-c3c(Cl)c(OC)cc(OC)c3Cl)c(=O)n(C)c2n1.COc1cc(OC)c(Cl)c(-c2nc3cnc(Cc4c(C)cccc4N)nc3n(C)c2=O)c1Cl. The summed E-state index contributed by atoms with van der Waals surface area (Å²) in [6.45, 7) is 7.43. The lowest BCUT2D eigenvalue weighted by Gasteiger charge is -2.16. The number of nitrogens with one attached hydrogen (secondary N) is 1. The van der Waals surface area contributed by atoms with Crippen molar-refractivity contribution >= 4 is 91.8 Å². The molecular weight excluding hydrogens is 994 g/mol. The number of carbonyl (C=O) groups is 1. The molecule has 71 heavy (non-hydrogen) atoms. The molecule has 3 N–H and O–H groups in total. The zero-order valence-corrected chi connectivity index (χ0v) is 42.0. The number of nitrogens with zero attached hydrogens (tertiary/aromatic N) is 8. The van der Waals surface area contributed by atoms with Gasteiger partial charge in [0.05, 0.1) is 72.1 Å². The Hall–Kier alpha value is -7.31. The van der Waals surface area contributed by atoms with Gasteiger partial charge < -0.3 is 30.0 Å². The number of nitrogen functional groups attached to an aromatic ring is 1. The maximum Gasteiger partial charge on any atom is 0.278 e. The summed E-state index contributed by atoms with van der Waals surface area (Å²) in [7, 11) is 8.98. The first-order chi connectivity index (χ1) is 33.5. The summed E-state index contributed by atoms with van der Waals surface area (Å²) < 4.78 is 24.0. The zero-order chi connectivity index (χ0) is 50.7. The molecule has 0 aliphatic carbocycles. The minimum absolute atomic E-state index is 0. The largest absolute Gasteiger partial charge is 0.495 e. The molecule has 17 nitrogen and oxygen atoms in total. The lowest BCUT2D eigenvalue weighted by molar-refractivity contribution is -0.114. The van der Waals surface area contributed by atoms with Crippen LogP contribution in [-0.2, 0) is 31.7 Å². The van der Waals surface area contributed by atoms with Crippen LogP contribution in [0.15, 0.2) is 83.2 Å². The maximum atomic E-state index is 13.4. The van der Waals surface area contributed by atoms with Gasteiger partial charge in [-0.3, -0.25) is 23.5 Å². The third kappa shape index (κ3) is 10.4. The second-order valence-corrected chi connectivity index (χ2v) is 17.0. The standard InChI is InChI=1S/C26H23Cl2N5O4.C23H21Cl2N5O3.CH4/c1-6-15(34)10-14-9-7-8-13(2)22(14)31-26-29-12-16-24(32-26)33(3)25(35)23(30-16)19-20(27)17(36-4)11-18(37-5)21(19)28;1-11-6-5-7-13(26)12(11)8-17-27-10-14-22(29-17)30(2)23(31)21(28-14)18-19(24)15(32-3)9-16(33-4)20(18)25;/h6-9,11-12H,1,10H2,2-5H3,(H,29,31,32);5-7,9-10H,8,26H2,1-4H3;1H4. The lowest BCUT2D eigenvalue weighted by atomic mass is 10.0. The lowest BCUT2D eigenvalue weighted by Crippen LogP contribution is -2.22. The van der Waals surface area contributed by atoms with Gasteiger partial charge in [0, 0.05) is 50.4 Å². The summed E-state index contributed by atoms with van der Waals surface area (Å²) in [5.74, 6) is 1.81. The Morgan fingerprint density at radius 1 is 0.704 bits per heavy atom. The number of hydrogen-bond donors (Lipinski definition) is 2. The van der Waals surface area contributed by atoms with E-state index in [1.165, 1.54) is 55.9 Å². The highest BCUT2D eigenvalue weighted by Gasteiger charge is 2.26. The molecule has 368 valence electrons. The first-order valence-corrected chi connectivity index (χ1v) is 22.5. The third-order valence-electron chi connectivity index (χ3n) is 11.3. The smallest absolute Gasteiger partial charge is 0.278 e. The van der Waals surface area contributed by atoms with Gasteiger partial charge in [0.15, 0.2) is 17.1 Å². The topological polar surface area (TPSA) is 213 Å². The monoisotopic (exact) mass is 1040 g/mol. The fraction of sp³-hybridized carbons (Fsp3) is 0.220. The van der Waals surface area contributed by atoms with E-state index in [1.807, 2.05) is 50.2 Å².